The van der Waals surface area contributed by atoms with Crippen LogP contribution in [0, 0.1) is 0 Å². The van der Waals surface area contributed by atoms with Crippen LogP contribution in [-0.2, 0) is 48.5 Å². The minimum absolute atomic E-state index is 0.0162. The van der Waals surface area contributed by atoms with Crippen LogP contribution in [0.15, 0.2) is 41.2 Å². The highest BCUT2D eigenvalue weighted by Gasteiger charge is 2.31. The number of carbonyl (C=O) groups is 1. The molecular formula is C30H30ClF3N6O4. The number of halogens is 4. The van der Waals surface area contributed by atoms with Crippen molar-refractivity contribution in [3.05, 3.63) is 79.9 Å². The van der Waals surface area contributed by atoms with E-state index in [4.69, 9.17) is 21.3 Å². The molecular weight excluding hydrogens is 601 g/mol. The van der Waals surface area contributed by atoms with E-state index in [9.17, 15) is 27.9 Å². The fourth-order valence-corrected chi connectivity index (χ4v) is 6.09. The number of hydrogen-bond acceptors (Lipinski definition) is 7. The highest BCUT2D eigenvalue weighted by molar-refractivity contribution is 6.33. The second-order valence-electron chi connectivity index (χ2n) is 10.7. The van der Waals surface area contributed by atoms with Gasteiger partial charge in [-0.05, 0) is 41.8 Å². The number of nitrogens with zero attached hydrogens (tertiary/aromatic N) is 4. The first kappa shape index (κ1) is 30.1. The molecule has 4 aromatic rings. The molecule has 3 N–H and O–H groups in total. The van der Waals surface area contributed by atoms with E-state index in [0.717, 1.165) is 29.3 Å². The second-order valence-corrected chi connectivity index (χ2v) is 11.1. The lowest BCUT2D eigenvalue weighted by atomic mass is 10.0. The molecule has 2 aromatic heterocycles. The van der Waals surface area contributed by atoms with Crippen LogP contribution in [0.1, 0.15) is 35.0 Å². The Bertz CT molecular complexity index is 1810. The number of imidazole rings is 1. The van der Waals surface area contributed by atoms with E-state index >= 15 is 0 Å². The number of aliphatic hydroxyl groups is 1. The molecule has 0 spiro atoms. The molecule has 2 aliphatic heterocycles. The fraction of sp³-hybridized carbons (Fsp3) is 0.367. The van der Waals surface area contributed by atoms with Crippen LogP contribution in [0.3, 0.4) is 0 Å². The lowest BCUT2D eigenvalue weighted by Crippen LogP contribution is -2.47. The first-order chi connectivity index (χ1) is 21.1. The maximum atomic E-state index is 14.2. The maximum Gasteiger partial charge on any atom is 0.416 e. The molecule has 0 bridgehead atoms. The Labute approximate surface area is 255 Å². The minimum Gasteiger partial charge on any atom is -0.390 e. The molecule has 1 fully saturated rings. The van der Waals surface area contributed by atoms with Gasteiger partial charge in [-0.2, -0.15) is 13.2 Å². The van der Waals surface area contributed by atoms with Crippen molar-refractivity contribution >= 4 is 34.7 Å². The lowest BCUT2D eigenvalue weighted by molar-refractivity contribution is -0.137. The Morgan fingerprint density at radius 3 is 2.55 bits per heavy atom. The van der Waals surface area contributed by atoms with Crippen molar-refractivity contribution in [2.75, 3.05) is 36.4 Å². The summed E-state index contributed by atoms with van der Waals surface area (Å²) in [6.45, 7) is 4.45. The zero-order valence-electron chi connectivity index (χ0n) is 23.8. The van der Waals surface area contributed by atoms with Gasteiger partial charge >= 0.3 is 6.18 Å². The Balaban J connectivity index is 1.49. The van der Waals surface area contributed by atoms with Crippen LogP contribution in [0.5, 0.6) is 0 Å². The van der Waals surface area contributed by atoms with Gasteiger partial charge in [0, 0.05) is 31.7 Å². The van der Waals surface area contributed by atoms with Crippen molar-refractivity contribution in [3.8, 4) is 11.3 Å². The van der Waals surface area contributed by atoms with Crippen molar-refractivity contribution < 1.29 is 27.8 Å². The largest absolute Gasteiger partial charge is 0.416 e. The number of anilines is 2. The third-order valence-electron chi connectivity index (χ3n) is 7.99. The van der Waals surface area contributed by atoms with Crippen LogP contribution < -0.4 is 21.1 Å². The van der Waals surface area contributed by atoms with Gasteiger partial charge in [-0.15, -0.1) is 0 Å². The molecule has 10 nitrogen and oxygen atoms in total. The molecule has 14 heteroatoms. The first-order valence-electron chi connectivity index (χ1n) is 14.2. The molecule has 2 aliphatic rings. The van der Waals surface area contributed by atoms with Crippen LogP contribution in [0.4, 0.5) is 24.5 Å². The summed E-state index contributed by atoms with van der Waals surface area (Å²) >= 11 is 6.11. The topological polar surface area (TPSA) is 113 Å². The number of nitrogens with one attached hydrogen (secondary N) is 2. The van der Waals surface area contributed by atoms with Gasteiger partial charge in [-0.25, -0.2) is 9.38 Å². The predicted octanol–water partition coefficient (Wildman–Crippen LogP) is 3.97. The van der Waals surface area contributed by atoms with E-state index in [-0.39, 0.29) is 34.3 Å². The number of aliphatic hydroxyl groups excluding tert-OH is 1. The SMILES string of the molecule is CCc1c(N2CCNCC2)c(=O)n2c(CO)c(-c3ccc4c(c3)COC4)nc2n1CC(=O)Nc1ccc(C(F)(F)F)cc1Cl. The Morgan fingerprint density at radius 2 is 1.86 bits per heavy atom. The molecule has 0 saturated carbocycles. The smallest absolute Gasteiger partial charge is 0.390 e. The number of aromatic nitrogens is 3. The normalized spacial score (nSPS) is 15.2. The summed E-state index contributed by atoms with van der Waals surface area (Å²) in [4.78, 5) is 34.4. The van der Waals surface area contributed by atoms with Crippen LogP contribution in [-0.4, -0.2) is 51.1 Å². The predicted molar refractivity (Wildman–Crippen MR) is 159 cm³/mol. The summed E-state index contributed by atoms with van der Waals surface area (Å²) in [5.74, 6) is -0.418. The number of amides is 1. The number of alkyl halides is 3. The van der Waals surface area contributed by atoms with Crippen molar-refractivity contribution in [1.82, 2.24) is 19.3 Å². The van der Waals surface area contributed by atoms with Gasteiger partial charge in [-0.1, -0.05) is 30.7 Å². The molecule has 0 radical (unpaired) electrons. The zero-order valence-corrected chi connectivity index (χ0v) is 24.6. The number of fused-ring (bicyclic) bond motifs is 2. The Hall–Kier alpha value is -3.91. The summed E-state index contributed by atoms with van der Waals surface area (Å²) < 4.78 is 48.0. The minimum atomic E-state index is -4.58. The van der Waals surface area contributed by atoms with Crippen molar-refractivity contribution in [1.29, 1.82) is 0 Å². The Kier molecular flexibility index (Phi) is 8.14. The summed E-state index contributed by atoms with van der Waals surface area (Å²) in [7, 11) is 0. The zero-order chi connectivity index (χ0) is 31.2. The van der Waals surface area contributed by atoms with Gasteiger partial charge in [0.05, 0.1) is 53.2 Å². The van der Waals surface area contributed by atoms with E-state index in [1.54, 1.807) is 4.57 Å². The van der Waals surface area contributed by atoms with E-state index in [2.05, 4.69) is 10.6 Å². The molecule has 1 saturated heterocycles. The highest BCUT2D eigenvalue weighted by atomic mass is 35.5. The van der Waals surface area contributed by atoms with E-state index < -0.39 is 24.3 Å². The van der Waals surface area contributed by atoms with Crippen LogP contribution >= 0.6 is 11.6 Å². The number of piperazine rings is 1. The molecule has 6 rings (SSSR count). The monoisotopic (exact) mass is 630 g/mol. The van der Waals surface area contributed by atoms with Gasteiger partial charge in [0.2, 0.25) is 11.7 Å². The van der Waals surface area contributed by atoms with Gasteiger partial charge in [-0.3, -0.25) is 9.59 Å². The van der Waals surface area contributed by atoms with Crippen molar-refractivity contribution in [3.63, 3.8) is 0 Å². The lowest BCUT2D eigenvalue weighted by Gasteiger charge is -2.31. The maximum absolute atomic E-state index is 14.2. The number of benzene rings is 2. The molecule has 1 amide bonds. The number of rotatable bonds is 7. The fourth-order valence-electron chi connectivity index (χ4n) is 5.87. The molecule has 0 unspecified atom stereocenters. The highest BCUT2D eigenvalue weighted by Crippen LogP contribution is 2.34. The van der Waals surface area contributed by atoms with Crippen molar-refractivity contribution in [2.24, 2.45) is 0 Å². The van der Waals surface area contributed by atoms with Gasteiger partial charge in [0.1, 0.15) is 12.2 Å². The quantitative estimate of drug-likeness (QED) is 0.283. The number of carbonyl (C=O) groups excluding carboxylic acids is 1. The molecule has 0 atom stereocenters. The summed E-state index contributed by atoms with van der Waals surface area (Å²) in [6, 6.07) is 8.42. The standard InChI is InChI=1S/C30H30ClF3N6O4/c1-2-23-27(38-9-7-35-8-10-38)28(43)40-24(14-41)26(17-3-4-18-15-44-16-19(18)11-17)37-29(40)39(23)13-25(42)36-22-6-5-20(12-21(22)31)30(32,33)34/h3-6,11-12,35,41H,2,7-10,13-16H2,1H3,(H,36,42). The number of hydrogen-bond donors (Lipinski definition) is 3. The van der Waals surface area contributed by atoms with Crippen LogP contribution in [0.2, 0.25) is 5.02 Å². The third-order valence-corrected chi connectivity index (χ3v) is 8.30. The molecule has 44 heavy (non-hydrogen) atoms. The Morgan fingerprint density at radius 1 is 1.11 bits per heavy atom. The average Bonchev–Trinajstić information content (AvgIpc) is 3.64. The summed E-state index contributed by atoms with van der Waals surface area (Å²) in [5, 5.41) is 16.2. The average molecular weight is 631 g/mol. The summed E-state index contributed by atoms with van der Waals surface area (Å²) in [5.41, 5.74) is 3.12. The van der Waals surface area contributed by atoms with Crippen LogP contribution in [0.25, 0.3) is 17.0 Å². The first-order valence-corrected chi connectivity index (χ1v) is 14.6. The molecule has 232 valence electrons. The van der Waals surface area contributed by atoms with E-state index in [0.29, 0.717) is 68.5 Å². The van der Waals surface area contributed by atoms with Crippen molar-refractivity contribution in [2.45, 2.75) is 45.9 Å². The third kappa shape index (κ3) is 5.45. The van der Waals surface area contributed by atoms with E-state index in [1.165, 1.54) is 4.40 Å². The van der Waals surface area contributed by atoms with Gasteiger partial charge < -0.3 is 29.9 Å². The molecule has 0 aliphatic carbocycles. The summed E-state index contributed by atoms with van der Waals surface area (Å²) in [6.07, 6.45) is -4.20. The molecule has 4 heterocycles. The second kappa shape index (κ2) is 11.9. The van der Waals surface area contributed by atoms with Gasteiger partial charge in [0.15, 0.2) is 0 Å². The number of ether oxygens (including phenoxy) is 1. The van der Waals surface area contributed by atoms with Gasteiger partial charge in [0.25, 0.3) is 5.56 Å². The molecule has 2 aromatic carbocycles. The van der Waals surface area contributed by atoms with E-state index in [1.807, 2.05) is 30.0 Å².